The van der Waals surface area contributed by atoms with E-state index in [2.05, 4.69) is 10.3 Å². The predicted octanol–water partition coefficient (Wildman–Crippen LogP) is 4.73. The van der Waals surface area contributed by atoms with Crippen molar-refractivity contribution < 1.29 is 9.53 Å². The molecule has 1 aromatic heterocycles. The fourth-order valence-electron chi connectivity index (χ4n) is 4.17. The summed E-state index contributed by atoms with van der Waals surface area (Å²) in [7, 11) is 0. The van der Waals surface area contributed by atoms with E-state index in [0.29, 0.717) is 18.2 Å². The molecule has 0 bridgehead atoms. The molecule has 0 radical (unpaired) electrons. The molecule has 6 heteroatoms. The number of carbonyl (C=O) groups excluding carboxylic acids is 1. The van der Waals surface area contributed by atoms with Crippen molar-refractivity contribution in [2.75, 3.05) is 26.2 Å². The van der Waals surface area contributed by atoms with Gasteiger partial charge in [-0.25, -0.2) is 0 Å². The Morgan fingerprint density at radius 1 is 1.03 bits per heavy atom. The van der Waals surface area contributed by atoms with Crippen LogP contribution in [0.5, 0.6) is 5.75 Å². The van der Waals surface area contributed by atoms with Crippen LogP contribution in [0.1, 0.15) is 30.1 Å². The van der Waals surface area contributed by atoms with Gasteiger partial charge in [-0.1, -0.05) is 54.1 Å². The van der Waals surface area contributed by atoms with Crippen LogP contribution in [-0.4, -0.2) is 42.0 Å². The Morgan fingerprint density at radius 3 is 2.47 bits per heavy atom. The number of benzene rings is 2. The molecule has 2 heterocycles. The van der Waals surface area contributed by atoms with Crippen LogP contribution in [0.4, 0.5) is 0 Å². The average molecular weight is 450 g/mol. The van der Waals surface area contributed by atoms with Crippen LogP contribution in [0.15, 0.2) is 79.0 Å². The van der Waals surface area contributed by atoms with Gasteiger partial charge < -0.3 is 15.0 Å². The van der Waals surface area contributed by atoms with E-state index in [9.17, 15) is 4.79 Å². The monoisotopic (exact) mass is 449 g/mol. The van der Waals surface area contributed by atoms with E-state index < -0.39 is 0 Å². The summed E-state index contributed by atoms with van der Waals surface area (Å²) in [5.74, 6) is 0.884. The number of nitrogens with one attached hydrogen (secondary N) is 1. The standard InChI is InChI=1S/C26H28ClN3O2/c27-23-11-5-4-10-22(23)25(24-12-6-7-15-29-24)30(26(31)20-13-16-28-17-14-20)18-19-32-21-8-2-1-3-9-21/h1-12,15,20,25,28H,13-14,16-19H2/t25-/m1/s1. The second kappa shape index (κ2) is 11.1. The fraction of sp³-hybridized carbons (Fsp3) is 0.308. The van der Waals surface area contributed by atoms with Gasteiger partial charge in [0.15, 0.2) is 0 Å². The molecule has 1 atom stereocenters. The second-order valence-corrected chi connectivity index (χ2v) is 8.30. The largest absolute Gasteiger partial charge is 0.492 e. The van der Waals surface area contributed by atoms with Crippen molar-refractivity contribution in [2.45, 2.75) is 18.9 Å². The first-order chi connectivity index (χ1) is 15.7. The van der Waals surface area contributed by atoms with Crippen LogP contribution >= 0.6 is 11.6 Å². The number of amides is 1. The Kier molecular flexibility index (Phi) is 7.75. The normalized spacial score (nSPS) is 15.2. The summed E-state index contributed by atoms with van der Waals surface area (Å²) in [5.41, 5.74) is 1.66. The number of aromatic nitrogens is 1. The minimum absolute atomic E-state index is 0.0262. The zero-order chi connectivity index (χ0) is 22.2. The van der Waals surface area contributed by atoms with Gasteiger partial charge in [-0.15, -0.1) is 0 Å². The van der Waals surface area contributed by atoms with Gasteiger partial charge in [0, 0.05) is 17.1 Å². The number of para-hydroxylation sites is 1. The highest BCUT2D eigenvalue weighted by Crippen LogP contribution is 2.34. The van der Waals surface area contributed by atoms with Crippen LogP contribution in [0.2, 0.25) is 5.02 Å². The minimum Gasteiger partial charge on any atom is -0.492 e. The summed E-state index contributed by atoms with van der Waals surface area (Å²) in [6, 6.07) is 22.8. The van der Waals surface area contributed by atoms with Gasteiger partial charge in [-0.3, -0.25) is 9.78 Å². The lowest BCUT2D eigenvalue weighted by Gasteiger charge is -2.36. The number of carbonyl (C=O) groups is 1. The van der Waals surface area contributed by atoms with Gasteiger partial charge in [0.1, 0.15) is 18.4 Å². The molecule has 1 aliphatic heterocycles. The third-order valence-corrected chi connectivity index (χ3v) is 6.14. The van der Waals surface area contributed by atoms with Gasteiger partial charge in [-0.05, 0) is 61.8 Å². The molecule has 0 aliphatic carbocycles. The SMILES string of the molecule is O=C(C1CCNCC1)N(CCOc1ccccc1)[C@@H](c1ccccn1)c1ccccc1Cl. The average Bonchev–Trinajstić information content (AvgIpc) is 2.86. The summed E-state index contributed by atoms with van der Waals surface area (Å²) >= 11 is 6.63. The van der Waals surface area contributed by atoms with Crippen molar-refractivity contribution in [3.8, 4) is 5.75 Å². The summed E-state index contributed by atoms with van der Waals surface area (Å²) in [5, 5.41) is 3.97. The van der Waals surface area contributed by atoms with Gasteiger partial charge in [0.05, 0.1) is 12.2 Å². The Labute approximate surface area is 194 Å². The van der Waals surface area contributed by atoms with Gasteiger partial charge in [0.25, 0.3) is 0 Å². The lowest BCUT2D eigenvalue weighted by Crippen LogP contribution is -2.45. The van der Waals surface area contributed by atoms with Crippen molar-refractivity contribution in [1.82, 2.24) is 15.2 Å². The van der Waals surface area contributed by atoms with E-state index >= 15 is 0 Å². The van der Waals surface area contributed by atoms with Crippen LogP contribution < -0.4 is 10.1 Å². The number of ether oxygens (including phenoxy) is 1. The van der Waals surface area contributed by atoms with Crippen molar-refractivity contribution in [3.63, 3.8) is 0 Å². The molecule has 1 saturated heterocycles. The van der Waals surface area contributed by atoms with Crippen LogP contribution in [0.25, 0.3) is 0 Å². The molecule has 3 aromatic rings. The van der Waals surface area contributed by atoms with Crippen molar-refractivity contribution >= 4 is 17.5 Å². The molecule has 1 amide bonds. The number of nitrogens with zero attached hydrogens (tertiary/aromatic N) is 2. The van der Waals surface area contributed by atoms with Gasteiger partial charge in [0.2, 0.25) is 5.91 Å². The first-order valence-corrected chi connectivity index (χ1v) is 11.5. The second-order valence-electron chi connectivity index (χ2n) is 7.90. The smallest absolute Gasteiger partial charge is 0.226 e. The minimum atomic E-state index is -0.383. The lowest BCUT2D eigenvalue weighted by molar-refractivity contribution is -0.138. The maximum absolute atomic E-state index is 13.8. The molecule has 166 valence electrons. The third kappa shape index (κ3) is 5.47. The molecular formula is C26H28ClN3O2. The zero-order valence-corrected chi connectivity index (χ0v) is 18.7. The zero-order valence-electron chi connectivity index (χ0n) is 18.0. The molecule has 4 rings (SSSR count). The van der Waals surface area contributed by atoms with E-state index in [1.165, 1.54) is 0 Å². The fourth-order valence-corrected chi connectivity index (χ4v) is 4.41. The third-order valence-electron chi connectivity index (χ3n) is 5.80. The molecule has 32 heavy (non-hydrogen) atoms. The number of hydrogen-bond donors (Lipinski definition) is 1. The van der Waals surface area contributed by atoms with Crippen LogP contribution in [-0.2, 0) is 4.79 Å². The molecule has 0 unspecified atom stereocenters. The predicted molar refractivity (Wildman–Crippen MR) is 127 cm³/mol. The Hall–Kier alpha value is -2.89. The molecule has 2 aromatic carbocycles. The van der Waals surface area contributed by atoms with E-state index in [1.807, 2.05) is 77.7 Å². The first kappa shape index (κ1) is 22.3. The highest BCUT2D eigenvalue weighted by molar-refractivity contribution is 6.31. The molecule has 1 N–H and O–H groups in total. The number of halogens is 1. The highest BCUT2D eigenvalue weighted by Gasteiger charge is 2.33. The topological polar surface area (TPSA) is 54.5 Å². The summed E-state index contributed by atoms with van der Waals surface area (Å²) in [6.07, 6.45) is 3.41. The van der Waals surface area contributed by atoms with E-state index in [1.54, 1.807) is 6.20 Å². The molecule has 1 aliphatic rings. The van der Waals surface area contributed by atoms with Crippen molar-refractivity contribution in [1.29, 1.82) is 0 Å². The van der Waals surface area contributed by atoms with Crippen molar-refractivity contribution in [3.05, 3.63) is 95.3 Å². The van der Waals surface area contributed by atoms with E-state index in [-0.39, 0.29) is 17.9 Å². The maximum atomic E-state index is 13.8. The quantitative estimate of drug-likeness (QED) is 0.540. The summed E-state index contributed by atoms with van der Waals surface area (Å²) in [4.78, 5) is 20.3. The van der Waals surface area contributed by atoms with Crippen LogP contribution in [0, 0.1) is 5.92 Å². The Bertz CT molecular complexity index is 994. The van der Waals surface area contributed by atoms with E-state index in [4.69, 9.17) is 16.3 Å². The highest BCUT2D eigenvalue weighted by atomic mass is 35.5. The maximum Gasteiger partial charge on any atom is 0.226 e. The molecular weight excluding hydrogens is 422 g/mol. The van der Waals surface area contributed by atoms with Crippen LogP contribution in [0.3, 0.4) is 0 Å². The first-order valence-electron chi connectivity index (χ1n) is 11.1. The lowest BCUT2D eigenvalue weighted by atomic mass is 9.93. The Morgan fingerprint density at radius 2 is 1.75 bits per heavy atom. The molecule has 0 spiro atoms. The molecule has 5 nitrogen and oxygen atoms in total. The van der Waals surface area contributed by atoms with Crippen molar-refractivity contribution in [2.24, 2.45) is 5.92 Å². The summed E-state index contributed by atoms with van der Waals surface area (Å²) < 4.78 is 5.97. The number of hydrogen-bond acceptors (Lipinski definition) is 4. The molecule has 1 fully saturated rings. The van der Waals surface area contributed by atoms with E-state index in [0.717, 1.165) is 42.9 Å². The van der Waals surface area contributed by atoms with Gasteiger partial charge >= 0.3 is 0 Å². The molecule has 0 saturated carbocycles. The number of rotatable bonds is 8. The summed E-state index contributed by atoms with van der Waals surface area (Å²) in [6.45, 7) is 2.52. The Balaban J connectivity index is 1.67. The van der Waals surface area contributed by atoms with Gasteiger partial charge in [-0.2, -0.15) is 0 Å². The number of piperidine rings is 1. The number of pyridine rings is 1.